The number of aromatic amines is 1. The standard InChI is InChI=1S/C24H23FN6O2/c1-33-21-4-2-3-18(25)22(21)19-12-17-20(13-28-19)29-30-23(17)16-11-14(5-6-15(16)24(26)32)31-9-7-27-8-10-31/h2-6,11-13,27H,7-10H2,1H3,(H2,26,32)(H,29,30). The van der Waals surface area contributed by atoms with E-state index in [9.17, 15) is 9.18 Å². The summed E-state index contributed by atoms with van der Waals surface area (Å²) in [5.41, 5.74) is 9.53. The van der Waals surface area contributed by atoms with Crippen LogP contribution in [0.3, 0.4) is 0 Å². The Morgan fingerprint density at radius 1 is 1.18 bits per heavy atom. The summed E-state index contributed by atoms with van der Waals surface area (Å²) >= 11 is 0. The van der Waals surface area contributed by atoms with Gasteiger partial charge in [-0.1, -0.05) is 6.07 Å². The molecule has 8 nitrogen and oxygen atoms in total. The summed E-state index contributed by atoms with van der Waals surface area (Å²) in [7, 11) is 1.49. The average molecular weight is 446 g/mol. The molecule has 4 aromatic rings. The summed E-state index contributed by atoms with van der Waals surface area (Å²) in [5.74, 6) is -0.603. The molecule has 9 heteroatoms. The van der Waals surface area contributed by atoms with E-state index in [0.717, 1.165) is 31.9 Å². The third-order valence-corrected chi connectivity index (χ3v) is 5.90. The minimum atomic E-state index is -0.543. The molecule has 4 N–H and O–H groups in total. The number of benzene rings is 2. The second-order valence-corrected chi connectivity index (χ2v) is 7.84. The summed E-state index contributed by atoms with van der Waals surface area (Å²) in [6.45, 7) is 3.49. The van der Waals surface area contributed by atoms with Gasteiger partial charge in [0.2, 0.25) is 5.91 Å². The number of pyridine rings is 1. The van der Waals surface area contributed by atoms with E-state index in [1.165, 1.54) is 13.2 Å². The Balaban J connectivity index is 1.68. The van der Waals surface area contributed by atoms with Crippen LogP contribution in [-0.4, -0.2) is 54.4 Å². The number of carbonyl (C=O) groups excluding carboxylic acids is 1. The van der Waals surface area contributed by atoms with Crippen LogP contribution in [0, 0.1) is 5.82 Å². The zero-order valence-corrected chi connectivity index (χ0v) is 18.1. The molecule has 0 aliphatic carbocycles. The first kappa shape index (κ1) is 20.9. The average Bonchev–Trinajstić information content (AvgIpc) is 3.27. The van der Waals surface area contributed by atoms with Crippen molar-refractivity contribution in [1.29, 1.82) is 0 Å². The Hall–Kier alpha value is -3.98. The minimum absolute atomic E-state index is 0.263. The molecule has 0 spiro atoms. The van der Waals surface area contributed by atoms with Crippen LogP contribution in [0.4, 0.5) is 10.1 Å². The topological polar surface area (TPSA) is 109 Å². The Labute approximate surface area is 189 Å². The van der Waals surface area contributed by atoms with Crippen molar-refractivity contribution < 1.29 is 13.9 Å². The molecule has 1 amide bonds. The monoisotopic (exact) mass is 446 g/mol. The first-order valence-corrected chi connectivity index (χ1v) is 10.6. The Kier molecular flexibility index (Phi) is 5.39. The smallest absolute Gasteiger partial charge is 0.249 e. The molecular weight excluding hydrogens is 423 g/mol. The van der Waals surface area contributed by atoms with Crippen molar-refractivity contribution in [2.45, 2.75) is 0 Å². The van der Waals surface area contributed by atoms with E-state index in [1.807, 2.05) is 12.1 Å². The van der Waals surface area contributed by atoms with Gasteiger partial charge >= 0.3 is 0 Å². The Morgan fingerprint density at radius 2 is 2.00 bits per heavy atom. The number of nitrogens with two attached hydrogens (primary N) is 1. The van der Waals surface area contributed by atoms with Crippen LogP contribution in [0.5, 0.6) is 5.75 Å². The number of rotatable bonds is 5. The first-order chi connectivity index (χ1) is 16.1. The van der Waals surface area contributed by atoms with Gasteiger partial charge in [0.25, 0.3) is 0 Å². The molecule has 168 valence electrons. The zero-order valence-electron chi connectivity index (χ0n) is 18.1. The quantitative estimate of drug-likeness (QED) is 0.435. The summed E-state index contributed by atoms with van der Waals surface area (Å²) in [4.78, 5) is 18.9. The minimum Gasteiger partial charge on any atom is -0.496 e. The van der Waals surface area contributed by atoms with Crippen molar-refractivity contribution >= 4 is 22.5 Å². The normalized spacial score (nSPS) is 13.9. The molecule has 2 aromatic heterocycles. The van der Waals surface area contributed by atoms with Crippen LogP contribution in [0.2, 0.25) is 0 Å². The lowest BCUT2D eigenvalue weighted by Crippen LogP contribution is -2.43. The number of nitrogens with one attached hydrogen (secondary N) is 2. The van der Waals surface area contributed by atoms with Crippen LogP contribution in [0.1, 0.15) is 10.4 Å². The van der Waals surface area contributed by atoms with Gasteiger partial charge in [-0.05, 0) is 36.4 Å². The summed E-state index contributed by atoms with van der Waals surface area (Å²) < 4.78 is 20.0. The maximum Gasteiger partial charge on any atom is 0.249 e. The van der Waals surface area contributed by atoms with Crippen LogP contribution in [0.15, 0.2) is 48.7 Å². The van der Waals surface area contributed by atoms with Gasteiger partial charge in [-0.2, -0.15) is 5.10 Å². The Morgan fingerprint density at radius 3 is 2.76 bits per heavy atom. The fourth-order valence-electron chi connectivity index (χ4n) is 4.24. The molecule has 1 aliphatic heterocycles. The highest BCUT2D eigenvalue weighted by atomic mass is 19.1. The van der Waals surface area contributed by atoms with Gasteiger partial charge in [-0.25, -0.2) is 4.39 Å². The number of fused-ring (bicyclic) bond motifs is 1. The summed E-state index contributed by atoms with van der Waals surface area (Å²) in [6, 6.07) is 12.0. The highest BCUT2D eigenvalue weighted by Crippen LogP contribution is 2.36. The number of primary amides is 1. The lowest BCUT2D eigenvalue weighted by Gasteiger charge is -2.30. The molecule has 0 radical (unpaired) electrons. The maximum atomic E-state index is 14.7. The molecule has 1 aliphatic rings. The number of carbonyl (C=O) groups is 1. The lowest BCUT2D eigenvalue weighted by molar-refractivity contribution is 0.100. The second-order valence-electron chi connectivity index (χ2n) is 7.84. The molecule has 3 heterocycles. The molecule has 1 saturated heterocycles. The highest BCUT2D eigenvalue weighted by Gasteiger charge is 2.21. The third-order valence-electron chi connectivity index (χ3n) is 5.90. The number of piperazine rings is 1. The van der Waals surface area contributed by atoms with Gasteiger partial charge in [-0.3, -0.25) is 14.9 Å². The van der Waals surface area contributed by atoms with Crippen molar-refractivity contribution in [1.82, 2.24) is 20.5 Å². The Bertz CT molecular complexity index is 1350. The SMILES string of the molecule is COc1cccc(F)c1-c1cc2c(-c3cc(N4CCNCC4)ccc3C(N)=O)n[nH]c2cn1. The molecule has 0 unspecified atom stereocenters. The van der Waals surface area contributed by atoms with Gasteiger partial charge in [0, 0.05) is 48.4 Å². The van der Waals surface area contributed by atoms with Gasteiger partial charge < -0.3 is 20.7 Å². The number of H-pyrrole nitrogens is 1. The van der Waals surface area contributed by atoms with Crippen LogP contribution >= 0.6 is 0 Å². The van der Waals surface area contributed by atoms with Crippen molar-refractivity contribution in [3.8, 4) is 28.3 Å². The molecule has 0 atom stereocenters. The molecule has 0 bridgehead atoms. The summed E-state index contributed by atoms with van der Waals surface area (Å²) in [6.07, 6.45) is 1.59. The number of ether oxygens (including phenoxy) is 1. The molecule has 5 rings (SSSR count). The van der Waals surface area contributed by atoms with Crippen molar-refractivity contribution in [3.63, 3.8) is 0 Å². The van der Waals surface area contributed by atoms with Crippen LogP contribution in [0.25, 0.3) is 33.4 Å². The van der Waals surface area contributed by atoms with Gasteiger partial charge in [0.05, 0.1) is 30.1 Å². The van der Waals surface area contributed by atoms with Crippen molar-refractivity contribution in [3.05, 3.63) is 60.0 Å². The number of halogens is 1. The van der Waals surface area contributed by atoms with E-state index in [0.29, 0.717) is 39.2 Å². The number of anilines is 1. The number of aromatic nitrogens is 3. The fourth-order valence-corrected chi connectivity index (χ4v) is 4.24. The van der Waals surface area contributed by atoms with E-state index in [-0.39, 0.29) is 5.56 Å². The molecule has 2 aromatic carbocycles. The molecular formula is C24H23FN6O2. The van der Waals surface area contributed by atoms with Crippen LogP contribution < -0.4 is 20.7 Å². The maximum absolute atomic E-state index is 14.7. The van der Waals surface area contributed by atoms with Gasteiger partial charge in [0.15, 0.2) is 0 Å². The first-order valence-electron chi connectivity index (χ1n) is 10.6. The predicted molar refractivity (Wildman–Crippen MR) is 125 cm³/mol. The van der Waals surface area contributed by atoms with E-state index in [4.69, 9.17) is 10.5 Å². The van der Waals surface area contributed by atoms with Gasteiger partial charge in [0.1, 0.15) is 17.3 Å². The van der Waals surface area contributed by atoms with E-state index < -0.39 is 11.7 Å². The summed E-state index contributed by atoms with van der Waals surface area (Å²) in [5, 5.41) is 11.5. The number of hydrogen-bond donors (Lipinski definition) is 3. The van der Waals surface area contributed by atoms with E-state index in [1.54, 1.807) is 30.5 Å². The van der Waals surface area contributed by atoms with E-state index in [2.05, 4.69) is 25.4 Å². The zero-order chi connectivity index (χ0) is 22.9. The fraction of sp³-hybridized carbons (Fsp3) is 0.208. The number of hydrogen-bond acceptors (Lipinski definition) is 6. The number of methoxy groups -OCH3 is 1. The largest absolute Gasteiger partial charge is 0.496 e. The number of amides is 1. The van der Waals surface area contributed by atoms with Crippen molar-refractivity contribution in [2.24, 2.45) is 5.73 Å². The second kappa shape index (κ2) is 8.51. The van der Waals surface area contributed by atoms with E-state index >= 15 is 0 Å². The lowest BCUT2D eigenvalue weighted by atomic mass is 9.99. The molecule has 1 fully saturated rings. The highest BCUT2D eigenvalue weighted by molar-refractivity contribution is 6.05. The van der Waals surface area contributed by atoms with Crippen molar-refractivity contribution in [2.75, 3.05) is 38.2 Å². The predicted octanol–water partition coefficient (Wildman–Crippen LogP) is 2.95. The molecule has 0 saturated carbocycles. The van der Waals surface area contributed by atoms with Crippen LogP contribution in [-0.2, 0) is 0 Å². The molecule has 33 heavy (non-hydrogen) atoms. The number of nitrogens with zero attached hydrogens (tertiary/aromatic N) is 3. The third kappa shape index (κ3) is 3.76. The van der Waals surface area contributed by atoms with Gasteiger partial charge in [-0.15, -0.1) is 0 Å².